The molecule has 5 heteroatoms. The molecule has 1 atom stereocenters. The Morgan fingerprint density at radius 2 is 2.16 bits per heavy atom. The second-order valence-corrected chi connectivity index (χ2v) is 6.86. The minimum Gasteiger partial charge on any atom is -0.374 e. The number of ether oxygens (including phenoxy) is 1. The fourth-order valence-electron chi connectivity index (χ4n) is 2.17. The molecule has 0 N–H and O–H groups in total. The summed E-state index contributed by atoms with van der Waals surface area (Å²) in [6.07, 6.45) is 0.0552. The third-order valence-corrected chi connectivity index (χ3v) is 3.92. The highest BCUT2D eigenvalue weighted by molar-refractivity contribution is 9.10. The largest absolute Gasteiger partial charge is 0.374 e. The van der Waals surface area contributed by atoms with Crippen molar-refractivity contribution in [2.45, 2.75) is 32.4 Å². The van der Waals surface area contributed by atoms with E-state index in [4.69, 9.17) is 16.3 Å². The smallest absolute Gasteiger partial charge is 0.254 e. The van der Waals surface area contributed by atoms with E-state index in [0.29, 0.717) is 23.7 Å². The van der Waals surface area contributed by atoms with Crippen LogP contribution in [0.15, 0.2) is 22.7 Å². The standard InChI is InChI=1S/C14H17BrClNO2/c1-9-7-17(14(2,3)8-19-9)13(18)10-4-11(15)6-12(16)5-10/h4-6,9H,7-8H2,1-3H3. The fraction of sp³-hybridized carbons (Fsp3) is 0.500. The highest BCUT2D eigenvalue weighted by Crippen LogP contribution is 2.26. The van der Waals surface area contributed by atoms with Crippen molar-refractivity contribution in [2.24, 2.45) is 0 Å². The summed E-state index contributed by atoms with van der Waals surface area (Å²) in [6.45, 7) is 7.13. The molecule has 1 fully saturated rings. The fourth-order valence-corrected chi connectivity index (χ4v) is 3.03. The molecule has 1 amide bonds. The first-order chi connectivity index (χ1) is 8.79. The van der Waals surface area contributed by atoms with Crippen molar-refractivity contribution in [2.75, 3.05) is 13.2 Å². The molecular weight excluding hydrogens is 330 g/mol. The highest BCUT2D eigenvalue weighted by Gasteiger charge is 2.37. The van der Waals surface area contributed by atoms with Gasteiger partial charge in [0.15, 0.2) is 0 Å². The van der Waals surface area contributed by atoms with E-state index in [9.17, 15) is 4.79 Å². The number of morpholine rings is 1. The van der Waals surface area contributed by atoms with Gasteiger partial charge in [-0.25, -0.2) is 0 Å². The molecule has 0 bridgehead atoms. The van der Waals surface area contributed by atoms with Gasteiger partial charge in [0.2, 0.25) is 0 Å². The molecule has 1 aromatic carbocycles. The Kier molecular flexibility index (Phi) is 4.23. The second kappa shape index (κ2) is 5.43. The quantitative estimate of drug-likeness (QED) is 0.775. The predicted molar refractivity (Wildman–Crippen MR) is 79.7 cm³/mol. The molecule has 1 saturated heterocycles. The molecule has 3 nitrogen and oxygen atoms in total. The number of benzene rings is 1. The molecule has 1 heterocycles. The van der Waals surface area contributed by atoms with Crippen LogP contribution in [0.5, 0.6) is 0 Å². The van der Waals surface area contributed by atoms with Gasteiger partial charge in [0, 0.05) is 21.6 Å². The van der Waals surface area contributed by atoms with Gasteiger partial charge >= 0.3 is 0 Å². The number of hydrogen-bond acceptors (Lipinski definition) is 2. The normalized spacial score (nSPS) is 22.4. The van der Waals surface area contributed by atoms with Crippen molar-refractivity contribution in [3.8, 4) is 0 Å². The number of amides is 1. The van der Waals surface area contributed by atoms with Crippen LogP contribution in [0, 0.1) is 0 Å². The third-order valence-electron chi connectivity index (χ3n) is 3.25. The second-order valence-electron chi connectivity index (χ2n) is 5.51. The monoisotopic (exact) mass is 345 g/mol. The van der Waals surface area contributed by atoms with E-state index in [1.54, 1.807) is 18.2 Å². The van der Waals surface area contributed by atoms with Gasteiger partial charge in [-0.1, -0.05) is 27.5 Å². The summed E-state index contributed by atoms with van der Waals surface area (Å²) in [4.78, 5) is 14.5. The Bertz CT molecular complexity index is 484. The Balaban J connectivity index is 2.31. The molecule has 2 rings (SSSR count). The van der Waals surface area contributed by atoms with Gasteiger partial charge in [-0.3, -0.25) is 4.79 Å². The van der Waals surface area contributed by atoms with Gasteiger partial charge in [-0.05, 0) is 39.0 Å². The molecule has 104 valence electrons. The van der Waals surface area contributed by atoms with Crippen LogP contribution in [0.3, 0.4) is 0 Å². The molecule has 1 aliphatic heterocycles. The Labute approximate surface area is 127 Å². The summed E-state index contributed by atoms with van der Waals surface area (Å²) >= 11 is 9.37. The van der Waals surface area contributed by atoms with Gasteiger partial charge < -0.3 is 9.64 Å². The summed E-state index contributed by atoms with van der Waals surface area (Å²) in [5, 5.41) is 0.553. The summed E-state index contributed by atoms with van der Waals surface area (Å²) in [7, 11) is 0. The summed E-state index contributed by atoms with van der Waals surface area (Å²) in [5.74, 6) is -0.0108. The maximum absolute atomic E-state index is 12.7. The summed E-state index contributed by atoms with van der Waals surface area (Å²) in [6, 6.07) is 5.26. The predicted octanol–water partition coefficient (Wildman–Crippen LogP) is 3.74. The van der Waals surface area contributed by atoms with Crippen molar-refractivity contribution in [3.63, 3.8) is 0 Å². The van der Waals surface area contributed by atoms with Gasteiger partial charge in [0.1, 0.15) is 0 Å². The number of carbonyl (C=O) groups excluding carboxylic acids is 1. The zero-order chi connectivity index (χ0) is 14.2. The van der Waals surface area contributed by atoms with Gasteiger partial charge in [-0.2, -0.15) is 0 Å². The number of nitrogens with zero attached hydrogens (tertiary/aromatic N) is 1. The molecule has 1 aromatic rings. The van der Waals surface area contributed by atoms with Crippen LogP contribution in [0.1, 0.15) is 31.1 Å². The number of rotatable bonds is 1. The first-order valence-corrected chi connectivity index (χ1v) is 7.36. The van der Waals surface area contributed by atoms with E-state index < -0.39 is 0 Å². The number of carbonyl (C=O) groups is 1. The summed E-state index contributed by atoms with van der Waals surface area (Å²) in [5.41, 5.74) is 0.292. The SMILES string of the molecule is CC1CN(C(=O)c2cc(Cl)cc(Br)c2)C(C)(C)CO1. The lowest BCUT2D eigenvalue weighted by Crippen LogP contribution is -2.57. The van der Waals surface area contributed by atoms with E-state index in [1.165, 1.54) is 0 Å². The van der Waals surface area contributed by atoms with Crippen LogP contribution in [-0.4, -0.2) is 35.6 Å². The van der Waals surface area contributed by atoms with Gasteiger partial charge in [0.05, 0.1) is 18.2 Å². The maximum Gasteiger partial charge on any atom is 0.254 e. The van der Waals surface area contributed by atoms with Gasteiger partial charge in [-0.15, -0.1) is 0 Å². The van der Waals surface area contributed by atoms with E-state index in [0.717, 1.165) is 4.47 Å². The van der Waals surface area contributed by atoms with Crippen molar-refractivity contribution in [3.05, 3.63) is 33.3 Å². The summed E-state index contributed by atoms with van der Waals surface area (Å²) < 4.78 is 6.44. The Morgan fingerprint density at radius 1 is 1.47 bits per heavy atom. The van der Waals surface area contributed by atoms with Crippen LogP contribution < -0.4 is 0 Å². The lowest BCUT2D eigenvalue weighted by atomic mass is 9.99. The highest BCUT2D eigenvalue weighted by atomic mass is 79.9. The minimum atomic E-state index is -0.307. The van der Waals surface area contributed by atoms with Crippen molar-refractivity contribution < 1.29 is 9.53 Å². The molecule has 1 unspecified atom stereocenters. The number of halogens is 2. The molecule has 19 heavy (non-hydrogen) atoms. The topological polar surface area (TPSA) is 29.5 Å². The lowest BCUT2D eigenvalue weighted by molar-refractivity contribution is -0.0755. The van der Waals surface area contributed by atoms with Crippen LogP contribution >= 0.6 is 27.5 Å². The Morgan fingerprint density at radius 3 is 2.79 bits per heavy atom. The first-order valence-electron chi connectivity index (χ1n) is 6.19. The van der Waals surface area contributed by atoms with Gasteiger partial charge in [0.25, 0.3) is 5.91 Å². The molecule has 1 aliphatic rings. The van der Waals surface area contributed by atoms with Crippen LogP contribution in [-0.2, 0) is 4.74 Å². The van der Waals surface area contributed by atoms with Crippen molar-refractivity contribution in [1.82, 2.24) is 4.90 Å². The third kappa shape index (κ3) is 3.30. The molecular formula is C14H17BrClNO2. The van der Waals surface area contributed by atoms with Crippen molar-refractivity contribution in [1.29, 1.82) is 0 Å². The Hall–Kier alpha value is -0.580. The van der Waals surface area contributed by atoms with E-state index >= 15 is 0 Å². The average molecular weight is 347 g/mol. The molecule has 0 radical (unpaired) electrons. The van der Waals surface area contributed by atoms with Crippen LogP contribution in [0.4, 0.5) is 0 Å². The van der Waals surface area contributed by atoms with Crippen molar-refractivity contribution >= 4 is 33.4 Å². The zero-order valence-corrected chi connectivity index (χ0v) is 13.6. The zero-order valence-electron chi connectivity index (χ0n) is 11.2. The van der Waals surface area contributed by atoms with E-state index in [2.05, 4.69) is 15.9 Å². The van der Waals surface area contributed by atoms with E-state index in [1.807, 2.05) is 25.7 Å². The maximum atomic E-state index is 12.7. The molecule has 0 saturated carbocycles. The first kappa shape index (κ1) is 14.8. The average Bonchev–Trinajstić information content (AvgIpc) is 2.30. The van der Waals surface area contributed by atoms with Crippen LogP contribution in [0.25, 0.3) is 0 Å². The minimum absolute atomic E-state index is 0.0108. The lowest BCUT2D eigenvalue weighted by Gasteiger charge is -2.44. The molecule has 0 aliphatic carbocycles. The van der Waals surface area contributed by atoms with E-state index in [-0.39, 0.29) is 17.6 Å². The van der Waals surface area contributed by atoms with Crippen LogP contribution in [0.2, 0.25) is 5.02 Å². The number of hydrogen-bond donors (Lipinski definition) is 0. The molecule has 0 spiro atoms. The molecule has 0 aromatic heterocycles.